The fourth-order valence-electron chi connectivity index (χ4n) is 2.94. The molecule has 2 atom stereocenters. The highest BCUT2D eigenvalue weighted by molar-refractivity contribution is 7.88. The van der Waals surface area contributed by atoms with Crippen LogP contribution >= 0.6 is 0 Å². The standard InChI is InChI=1S/C15H28N2O6S/c1-14(2,3)11(16-24(5,21)22)12(18)17-8-6-7-15(9-17,10-23-4)13(19)20/h11,16H,6-10H2,1-5H3,(H,19,20). The van der Waals surface area contributed by atoms with E-state index < -0.39 is 38.8 Å². The van der Waals surface area contributed by atoms with Gasteiger partial charge >= 0.3 is 5.97 Å². The van der Waals surface area contributed by atoms with Crippen molar-refractivity contribution < 1.29 is 27.9 Å². The van der Waals surface area contributed by atoms with Gasteiger partial charge in [0.1, 0.15) is 11.5 Å². The van der Waals surface area contributed by atoms with E-state index in [2.05, 4.69) is 4.72 Å². The lowest BCUT2D eigenvalue weighted by molar-refractivity contribution is -0.159. The van der Waals surface area contributed by atoms with Gasteiger partial charge in [-0.3, -0.25) is 9.59 Å². The van der Waals surface area contributed by atoms with Gasteiger partial charge < -0.3 is 14.7 Å². The minimum atomic E-state index is -3.58. The molecule has 8 nitrogen and oxygen atoms in total. The minimum Gasteiger partial charge on any atom is -0.481 e. The zero-order chi connectivity index (χ0) is 18.8. The van der Waals surface area contributed by atoms with Gasteiger partial charge in [0.15, 0.2) is 0 Å². The second-order valence-electron chi connectivity index (χ2n) is 7.57. The van der Waals surface area contributed by atoms with Gasteiger partial charge in [-0.05, 0) is 18.3 Å². The summed E-state index contributed by atoms with van der Waals surface area (Å²) in [6.45, 7) is 5.69. The van der Waals surface area contributed by atoms with Crippen LogP contribution in [0.25, 0.3) is 0 Å². The largest absolute Gasteiger partial charge is 0.481 e. The van der Waals surface area contributed by atoms with Crippen LogP contribution in [-0.2, 0) is 24.3 Å². The molecule has 9 heteroatoms. The number of hydrogen-bond donors (Lipinski definition) is 2. The SMILES string of the molecule is COCC1(C(=O)O)CCCN(C(=O)C(NS(C)(=O)=O)C(C)(C)C)C1. The second-order valence-corrected chi connectivity index (χ2v) is 9.35. The Labute approximate surface area is 143 Å². The molecule has 1 fully saturated rings. The van der Waals surface area contributed by atoms with Crippen molar-refractivity contribution in [2.45, 2.75) is 39.7 Å². The highest BCUT2D eigenvalue weighted by atomic mass is 32.2. The summed E-state index contributed by atoms with van der Waals surface area (Å²) in [7, 11) is -2.16. The summed E-state index contributed by atoms with van der Waals surface area (Å²) in [4.78, 5) is 26.0. The quantitative estimate of drug-likeness (QED) is 0.700. The fourth-order valence-corrected chi connectivity index (χ4v) is 3.83. The van der Waals surface area contributed by atoms with Gasteiger partial charge in [0, 0.05) is 20.2 Å². The van der Waals surface area contributed by atoms with Crippen LogP contribution in [0, 0.1) is 10.8 Å². The van der Waals surface area contributed by atoms with Crippen molar-refractivity contribution in [2.24, 2.45) is 10.8 Å². The molecular formula is C15H28N2O6S. The van der Waals surface area contributed by atoms with E-state index in [1.54, 1.807) is 20.8 Å². The summed E-state index contributed by atoms with van der Waals surface area (Å²) in [6, 6.07) is -0.959. The molecule has 0 aromatic heterocycles. The van der Waals surface area contributed by atoms with E-state index in [-0.39, 0.29) is 13.2 Å². The Bertz CT molecular complexity index is 579. The number of hydrogen-bond acceptors (Lipinski definition) is 5. The van der Waals surface area contributed by atoms with E-state index in [9.17, 15) is 23.1 Å². The average molecular weight is 364 g/mol. The van der Waals surface area contributed by atoms with Gasteiger partial charge in [0.25, 0.3) is 0 Å². The molecule has 0 spiro atoms. The monoisotopic (exact) mass is 364 g/mol. The smallest absolute Gasteiger partial charge is 0.313 e. The summed E-state index contributed by atoms with van der Waals surface area (Å²) in [5.41, 5.74) is -1.80. The molecule has 1 heterocycles. The predicted molar refractivity (Wildman–Crippen MR) is 89.0 cm³/mol. The zero-order valence-electron chi connectivity index (χ0n) is 15.0. The van der Waals surface area contributed by atoms with E-state index in [1.165, 1.54) is 12.0 Å². The van der Waals surface area contributed by atoms with Crippen LogP contribution < -0.4 is 4.72 Å². The highest BCUT2D eigenvalue weighted by Crippen LogP contribution is 2.32. The van der Waals surface area contributed by atoms with Gasteiger partial charge in [0.2, 0.25) is 15.9 Å². The third-order valence-corrected chi connectivity index (χ3v) is 4.87. The van der Waals surface area contributed by atoms with Crippen molar-refractivity contribution in [3.05, 3.63) is 0 Å². The number of ether oxygens (including phenoxy) is 1. The van der Waals surface area contributed by atoms with Crippen LogP contribution in [0.5, 0.6) is 0 Å². The number of amides is 1. The van der Waals surface area contributed by atoms with Crippen molar-refractivity contribution in [3.63, 3.8) is 0 Å². The molecule has 0 radical (unpaired) electrons. The number of aliphatic carboxylic acids is 1. The van der Waals surface area contributed by atoms with Crippen molar-refractivity contribution in [1.29, 1.82) is 0 Å². The number of piperidine rings is 1. The Morgan fingerprint density at radius 3 is 2.38 bits per heavy atom. The van der Waals surface area contributed by atoms with Crippen LogP contribution in [0.2, 0.25) is 0 Å². The van der Waals surface area contributed by atoms with Gasteiger partial charge in [-0.2, -0.15) is 0 Å². The van der Waals surface area contributed by atoms with Gasteiger partial charge in [-0.25, -0.2) is 13.1 Å². The maximum atomic E-state index is 12.9. The van der Waals surface area contributed by atoms with Crippen molar-refractivity contribution in [3.8, 4) is 0 Å². The van der Waals surface area contributed by atoms with E-state index >= 15 is 0 Å². The first-order valence-corrected chi connectivity index (χ1v) is 9.70. The molecule has 0 bridgehead atoms. The number of rotatable bonds is 6. The second kappa shape index (κ2) is 7.37. The van der Waals surface area contributed by atoms with Crippen LogP contribution in [0.4, 0.5) is 0 Å². The molecule has 0 aliphatic carbocycles. The Morgan fingerprint density at radius 2 is 1.96 bits per heavy atom. The molecular weight excluding hydrogens is 336 g/mol. The van der Waals surface area contributed by atoms with Gasteiger partial charge in [-0.1, -0.05) is 20.8 Å². The van der Waals surface area contributed by atoms with Crippen LogP contribution in [0.3, 0.4) is 0 Å². The van der Waals surface area contributed by atoms with Crippen molar-refractivity contribution >= 4 is 21.9 Å². The first-order valence-electron chi connectivity index (χ1n) is 7.81. The average Bonchev–Trinajstić information content (AvgIpc) is 2.42. The molecule has 2 N–H and O–H groups in total. The lowest BCUT2D eigenvalue weighted by atomic mass is 9.79. The van der Waals surface area contributed by atoms with E-state index in [0.29, 0.717) is 19.4 Å². The lowest BCUT2D eigenvalue weighted by Gasteiger charge is -2.42. The van der Waals surface area contributed by atoms with Crippen molar-refractivity contribution in [1.82, 2.24) is 9.62 Å². The van der Waals surface area contributed by atoms with Crippen LogP contribution in [-0.4, -0.2) is 69.4 Å². The Balaban J connectivity index is 3.08. The number of nitrogens with zero attached hydrogens (tertiary/aromatic N) is 1. The molecule has 24 heavy (non-hydrogen) atoms. The summed E-state index contributed by atoms with van der Waals surface area (Å²) in [6.07, 6.45) is 1.94. The Hall–Kier alpha value is -1.19. The maximum Gasteiger partial charge on any atom is 0.313 e. The topological polar surface area (TPSA) is 113 Å². The van der Waals surface area contributed by atoms with Gasteiger partial charge in [0.05, 0.1) is 12.9 Å². The number of carboxylic acid groups (broad SMARTS) is 1. The number of sulfonamides is 1. The highest BCUT2D eigenvalue weighted by Gasteiger charge is 2.46. The van der Waals surface area contributed by atoms with E-state index in [1.807, 2.05) is 0 Å². The first kappa shape index (κ1) is 20.9. The molecule has 1 rings (SSSR count). The lowest BCUT2D eigenvalue weighted by Crippen LogP contribution is -2.59. The molecule has 1 saturated heterocycles. The summed E-state index contributed by atoms with van der Waals surface area (Å²) in [5.74, 6) is -1.42. The number of nitrogens with one attached hydrogen (secondary N) is 1. The molecule has 0 aromatic carbocycles. The number of carboxylic acids is 1. The first-order chi connectivity index (χ1) is 10.8. The number of methoxy groups -OCH3 is 1. The molecule has 1 amide bonds. The van der Waals surface area contributed by atoms with Gasteiger partial charge in [-0.15, -0.1) is 0 Å². The minimum absolute atomic E-state index is 0.00576. The fraction of sp³-hybridized carbons (Fsp3) is 0.867. The maximum absolute atomic E-state index is 12.9. The normalized spacial score (nSPS) is 23.8. The summed E-state index contributed by atoms with van der Waals surface area (Å²) < 4.78 is 30.7. The zero-order valence-corrected chi connectivity index (χ0v) is 15.8. The number of carbonyl (C=O) groups excluding carboxylic acids is 1. The molecule has 2 unspecified atom stereocenters. The van der Waals surface area contributed by atoms with E-state index in [0.717, 1.165) is 6.26 Å². The third-order valence-electron chi connectivity index (χ3n) is 4.21. The third kappa shape index (κ3) is 5.15. The summed E-state index contributed by atoms with van der Waals surface area (Å²) in [5, 5.41) is 9.57. The molecule has 1 aliphatic rings. The van der Waals surface area contributed by atoms with Crippen LogP contribution in [0.1, 0.15) is 33.6 Å². The number of carbonyl (C=O) groups is 2. The van der Waals surface area contributed by atoms with Crippen LogP contribution in [0.15, 0.2) is 0 Å². The molecule has 0 saturated carbocycles. The predicted octanol–water partition coefficient (Wildman–Crippen LogP) is 0.290. The Kier molecular flexibility index (Phi) is 6.40. The molecule has 140 valence electrons. The number of likely N-dealkylation sites (tertiary alicyclic amines) is 1. The van der Waals surface area contributed by atoms with E-state index in [4.69, 9.17) is 4.74 Å². The molecule has 0 aromatic rings. The Morgan fingerprint density at radius 1 is 1.38 bits per heavy atom. The molecule has 1 aliphatic heterocycles. The van der Waals surface area contributed by atoms with Crippen molar-refractivity contribution in [2.75, 3.05) is 33.1 Å². The summed E-state index contributed by atoms with van der Waals surface area (Å²) >= 11 is 0.